The normalized spacial score (nSPS) is 14.1. The molecule has 0 saturated carbocycles. The Kier molecular flexibility index (Phi) is 4.64. The molecule has 19 heavy (non-hydrogen) atoms. The molecular weight excluding hydrogens is 254 g/mol. The van der Waals surface area contributed by atoms with Crippen molar-refractivity contribution in [1.29, 1.82) is 0 Å². The summed E-state index contributed by atoms with van der Waals surface area (Å²) < 4.78 is 0. The van der Waals surface area contributed by atoms with Crippen molar-refractivity contribution in [3.8, 4) is 0 Å². The molecule has 0 heterocycles. The lowest BCUT2D eigenvalue weighted by Gasteiger charge is -2.20. The summed E-state index contributed by atoms with van der Waals surface area (Å²) in [5.74, 6) is 0. The molecule has 2 aromatic rings. The summed E-state index contributed by atoms with van der Waals surface area (Å²) in [6.07, 6.45) is 0.583. The molecule has 2 rings (SSSR count). The van der Waals surface area contributed by atoms with E-state index in [0.717, 1.165) is 5.56 Å². The maximum absolute atomic E-state index is 9.95. The lowest BCUT2D eigenvalue weighted by Crippen LogP contribution is -2.36. The van der Waals surface area contributed by atoms with Gasteiger partial charge in [0.1, 0.15) is 0 Å². The van der Waals surface area contributed by atoms with Crippen LogP contribution in [0.3, 0.4) is 0 Å². The summed E-state index contributed by atoms with van der Waals surface area (Å²) in [5.41, 5.74) is 5.81. The van der Waals surface area contributed by atoms with E-state index < -0.39 is 5.60 Å². The molecule has 0 aliphatic carbocycles. The first-order chi connectivity index (χ1) is 9.09. The molecule has 2 nitrogen and oxygen atoms in total. The van der Waals surface area contributed by atoms with Crippen molar-refractivity contribution in [1.82, 2.24) is 0 Å². The zero-order chi connectivity index (χ0) is 13.7. The van der Waals surface area contributed by atoms with Gasteiger partial charge >= 0.3 is 0 Å². The highest BCUT2D eigenvalue weighted by atomic mass is 32.2. The molecule has 0 bridgehead atoms. The Morgan fingerprint density at radius 2 is 1.58 bits per heavy atom. The number of nitrogens with two attached hydrogens (primary N) is 1. The molecule has 0 aromatic heterocycles. The smallest absolute Gasteiger partial charge is 0.0781 e. The molecule has 0 saturated heterocycles. The van der Waals surface area contributed by atoms with E-state index in [-0.39, 0.29) is 6.54 Å². The number of aliphatic hydroxyl groups is 1. The predicted molar refractivity (Wildman–Crippen MR) is 80.4 cm³/mol. The highest BCUT2D eigenvalue weighted by Crippen LogP contribution is 2.27. The van der Waals surface area contributed by atoms with E-state index in [1.165, 1.54) is 9.79 Å². The van der Waals surface area contributed by atoms with E-state index in [2.05, 4.69) is 36.4 Å². The highest BCUT2D eigenvalue weighted by Gasteiger charge is 2.18. The van der Waals surface area contributed by atoms with Crippen molar-refractivity contribution in [2.24, 2.45) is 5.73 Å². The van der Waals surface area contributed by atoms with Crippen LogP contribution in [0.2, 0.25) is 0 Å². The second kappa shape index (κ2) is 6.24. The second-order valence-electron chi connectivity index (χ2n) is 4.94. The fourth-order valence-electron chi connectivity index (χ4n) is 1.81. The average Bonchev–Trinajstić information content (AvgIpc) is 2.42. The number of rotatable bonds is 5. The molecule has 0 radical (unpaired) electrons. The van der Waals surface area contributed by atoms with Crippen LogP contribution in [-0.4, -0.2) is 17.3 Å². The van der Waals surface area contributed by atoms with Crippen molar-refractivity contribution in [2.45, 2.75) is 28.7 Å². The SMILES string of the molecule is CC(O)(CN)Cc1ccc(Sc2ccccc2)cc1. The Morgan fingerprint density at radius 1 is 1.00 bits per heavy atom. The summed E-state index contributed by atoms with van der Waals surface area (Å²) in [6, 6.07) is 18.5. The van der Waals surface area contributed by atoms with Gasteiger partial charge in [0.15, 0.2) is 0 Å². The van der Waals surface area contributed by atoms with Gasteiger partial charge < -0.3 is 10.8 Å². The Morgan fingerprint density at radius 3 is 2.16 bits per heavy atom. The Balaban J connectivity index is 2.03. The molecule has 1 atom stereocenters. The van der Waals surface area contributed by atoms with Crippen LogP contribution >= 0.6 is 11.8 Å². The Bertz CT molecular complexity index is 508. The van der Waals surface area contributed by atoms with Gasteiger partial charge in [-0.2, -0.15) is 0 Å². The predicted octanol–water partition coefficient (Wildman–Crippen LogP) is 3.09. The Hall–Kier alpha value is -1.29. The molecule has 3 N–H and O–H groups in total. The third-order valence-electron chi connectivity index (χ3n) is 2.93. The van der Waals surface area contributed by atoms with E-state index in [1.54, 1.807) is 18.7 Å². The lowest BCUT2D eigenvalue weighted by molar-refractivity contribution is 0.0696. The van der Waals surface area contributed by atoms with Crippen LogP contribution in [-0.2, 0) is 6.42 Å². The standard InChI is InChI=1S/C16H19NOS/c1-16(18,12-17)11-13-7-9-15(10-8-13)19-14-5-3-2-4-6-14/h2-10,18H,11-12,17H2,1H3. The number of hydrogen-bond donors (Lipinski definition) is 2. The van der Waals surface area contributed by atoms with E-state index in [9.17, 15) is 5.11 Å². The van der Waals surface area contributed by atoms with Gasteiger partial charge in [-0.15, -0.1) is 0 Å². The topological polar surface area (TPSA) is 46.2 Å². The zero-order valence-electron chi connectivity index (χ0n) is 11.0. The van der Waals surface area contributed by atoms with Gasteiger partial charge in [0.05, 0.1) is 5.60 Å². The van der Waals surface area contributed by atoms with Crippen LogP contribution < -0.4 is 5.73 Å². The van der Waals surface area contributed by atoms with Crippen LogP contribution in [0.4, 0.5) is 0 Å². The first kappa shape index (κ1) is 14.1. The molecule has 0 amide bonds. The van der Waals surface area contributed by atoms with Crippen molar-refractivity contribution >= 4 is 11.8 Å². The summed E-state index contributed by atoms with van der Waals surface area (Å²) in [7, 11) is 0. The van der Waals surface area contributed by atoms with Crippen molar-refractivity contribution in [3.63, 3.8) is 0 Å². The molecule has 0 fully saturated rings. The first-order valence-corrected chi connectivity index (χ1v) is 7.15. The van der Waals surface area contributed by atoms with Gasteiger partial charge in [-0.3, -0.25) is 0 Å². The maximum Gasteiger partial charge on any atom is 0.0781 e. The molecule has 0 spiro atoms. The van der Waals surface area contributed by atoms with Gasteiger partial charge in [0.25, 0.3) is 0 Å². The minimum Gasteiger partial charge on any atom is -0.389 e. The molecule has 0 aliphatic rings. The highest BCUT2D eigenvalue weighted by molar-refractivity contribution is 7.99. The van der Waals surface area contributed by atoms with Crippen LogP contribution in [0.1, 0.15) is 12.5 Å². The van der Waals surface area contributed by atoms with E-state index in [4.69, 9.17) is 5.73 Å². The summed E-state index contributed by atoms with van der Waals surface area (Å²) >= 11 is 1.73. The van der Waals surface area contributed by atoms with E-state index in [0.29, 0.717) is 6.42 Å². The van der Waals surface area contributed by atoms with Gasteiger partial charge in [-0.25, -0.2) is 0 Å². The monoisotopic (exact) mass is 273 g/mol. The zero-order valence-corrected chi connectivity index (χ0v) is 11.9. The summed E-state index contributed by atoms with van der Waals surface area (Å²) in [4.78, 5) is 2.42. The lowest BCUT2D eigenvalue weighted by atomic mass is 9.97. The van der Waals surface area contributed by atoms with E-state index >= 15 is 0 Å². The van der Waals surface area contributed by atoms with Gasteiger partial charge in [0, 0.05) is 22.8 Å². The van der Waals surface area contributed by atoms with E-state index in [1.807, 2.05) is 18.2 Å². The number of benzene rings is 2. The molecular formula is C16H19NOS. The summed E-state index contributed by atoms with van der Waals surface area (Å²) in [5, 5.41) is 9.95. The van der Waals surface area contributed by atoms with Crippen molar-refractivity contribution in [3.05, 3.63) is 60.2 Å². The number of hydrogen-bond acceptors (Lipinski definition) is 3. The van der Waals surface area contributed by atoms with Crippen LogP contribution in [0.5, 0.6) is 0 Å². The van der Waals surface area contributed by atoms with Gasteiger partial charge in [0.2, 0.25) is 0 Å². The fourth-order valence-corrected chi connectivity index (χ4v) is 2.65. The average molecular weight is 273 g/mol. The fraction of sp³-hybridized carbons (Fsp3) is 0.250. The second-order valence-corrected chi connectivity index (χ2v) is 6.08. The minimum atomic E-state index is -0.825. The third kappa shape index (κ3) is 4.39. The van der Waals surface area contributed by atoms with Crippen LogP contribution in [0.15, 0.2) is 64.4 Å². The maximum atomic E-state index is 9.95. The minimum absolute atomic E-state index is 0.271. The molecule has 3 heteroatoms. The third-order valence-corrected chi connectivity index (χ3v) is 3.94. The molecule has 2 aromatic carbocycles. The largest absolute Gasteiger partial charge is 0.389 e. The van der Waals surface area contributed by atoms with Gasteiger partial charge in [-0.1, -0.05) is 42.1 Å². The van der Waals surface area contributed by atoms with Crippen LogP contribution in [0, 0.1) is 0 Å². The molecule has 0 aliphatic heterocycles. The van der Waals surface area contributed by atoms with Crippen LogP contribution in [0.25, 0.3) is 0 Å². The first-order valence-electron chi connectivity index (χ1n) is 6.33. The molecule has 1 unspecified atom stereocenters. The Labute approximate surface area is 118 Å². The molecule has 100 valence electrons. The van der Waals surface area contributed by atoms with Gasteiger partial charge in [-0.05, 0) is 36.8 Å². The van der Waals surface area contributed by atoms with Crippen molar-refractivity contribution < 1.29 is 5.11 Å². The van der Waals surface area contributed by atoms with Crippen molar-refractivity contribution in [2.75, 3.05) is 6.54 Å². The quantitative estimate of drug-likeness (QED) is 0.880. The summed E-state index contributed by atoms with van der Waals surface area (Å²) in [6.45, 7) is 2.03.